The molecule has 10 heteroatoms. The Kier molecular flexibility index (Phi) is 4.57. The zero-order chi connectivity index (χ0) is 19.8. The van der Waals surface area contributed by atoms with Crippen LogP contribution in [0.2, 0.25) is 5.02 Å². The molecule has 0 N–H and O–H groups in total. The van der Waals surface area contributed by atoms with Gasteiger partial charge < -0.3 is 9.47 Å². The molecule has 0 unspecified atom stereocenters. The standard InChI is InChI=1S/C18H16ClN7O2/c1-24-14-6-12(19)10-21-15(14)26(17(28)16(24)27)13-2-4-25(5-3-13)18-22-8-11(7-20)9-23-18/h6,8-10,13H,2-5H2,1H3. The third kappa shape index (κ3) is 3.01. The van der Waals surface area contributed by atoms with E-state index in [1.54, 1.807) is 13.1 Å². The van der Waals surface area contributed by atoms with Crippen molar-refractivity contribution in [2.45, 2.75) is 18.9 Å². The van der Waals surface area contributed by atoms with Crippen LogP contribution in [0.3, 0.4) is 0 Å². The number of rotatable bonds is 2. The SMILES string of the molecule is Cn1c(=O)c(=O)n(C2CCN(c3ncc(C#N)cn3)CC2)c2ncc(Cl)cc21. The molecule has 4 rings (SSSR count). The van der Waals surface area contributed by atoms with Crippen molar-refractivity contribution >= 4 is 28.7 Å². The summed E-state index contributed by atoms with van der Waals surface area (Å²) >= 11 is 6.02. The van der Waals surface area contributed by atoms with Crippen LogP contribution in [0, 0.1) is 11.3 Å². The van der Waals surface area contributed by atoms with Crippen molar-refractivity contribution < 1.29 is 0 Å². The van der Waals surface area contributed by atoms with Crippen LogP contribution in [0.25, 0.3) is 11.2 Å². The Hall–Kier alpha value is -3.25. The average molecular weight is 398 g/mol. The Labute approximate surface area is 164 Å². The topological polar surface area (TPSA) is 110 Å². The lowest BCUT2D eigenvalue weighted by molar-refractivity contribution is 0.389. The van der Waals surface area contributed by atoms with Gasteiger partial charge in [-0.25, -0.2) is 15.0 Å². The molecule has 0 aromatic carbocycles. The molecule has 4 heterocycles. The highest BCUT2D eigenvalue weighted by Crippen LogP contribution is 2.26. The molecule has 0 spiro atoms. The first-order valence-corrected chi connectivity index (χ1v) is 9.11. The van der Waals surface area contributed by atoms with Gasteiger partial charge in [-0.3, -0.25) is 14.2 Å². The predicted molar refractivity (Wildman–Crippen MR) is 103 cm³/mol. The molecule has 0 saturated carbocycles. The molecule has 0 atom stereocenters. The van der Waals surface area contributed by atoms with Crippen LogP contribution in [0.4, 0.5) is 5.95 Å². The molecule has 1 aliphatic rings. The number of aromatic nitrogens is 5. The van der Waals surface area contributed by atoms with E-state index in [0.29, 0.717) is 53.6 Å². The number of hydrogen-bond donors (Lipinski definition) is 0. The number of nitrogens with zero attached hydrogens (tertiary/aromatic N) is 7. The molecule has 0 bridgehead atoms. The lowest BCUT2D eigenvalue weighted by atomic mass is 10.0. The van der Waals surface area contributed by atoms with Crippen molar-refractivity contribution in [3.8, 4) is 6.07 Å². The van der Waals surface area contributed by atoms with E-state index in [4.69, 9.17) is 16.9 Å². The van der Waals surface area contributed by atoms with E-state index in [2.05, 4.69) is 15.0 Å². The summed E-state index contributed by atoms with van der Waals surface area (Å²) in [5, 5.41) is 9.26. The van der Waals surface area contributed by atoms with Gasteiger partial charge in [0.25, 0.3) is 0 Å². The van der Waals surface area contributed by atoms with Crippen LogP contribution in [-0.2, 0) is 7.05 Å². The van der Waals surface area contributed by atoms with Crippen LogP contribution >= 0.6 is 11.6 Å². The van der Waals surface area contributed by atoms with Crippen molar-refractivity contribution in [1.82, 2.24) is 24.1 Å². The average Bonchev–Trinajstić information content (AvgIpc) is 2.73. The van der Waals surface area contributed by atoms with Gasteiger partial charge in [0.2, 0.25) is 5.95 Å². The fraction of sp³-hybridized carbons (Fsp3) is 0.333. The summed E-state index contributed by atoms with van der Waals surface area (Å²) in [7, 11) is 1.54. The van der Waals surface area contributed by atoms with Gasteiger partial charge in [-0.15, -0.1) is 0 Å². The van der Waals surface area contributed by atoms with Crippen molar-refractivity contribution in [1.29, 1.82) is 5.26 Å². The molecule has 28 heavy (non-hydrogen) atoms. The molecule has 9 nitrogen and oxygen atoms in total. The van der Waals surface area contributed by atoms with Gasteiger partial charge in [0.15, 0.2) is 5.65 Å². The molecule has 142 valence electrons. The van der Waals surface area contributed by atoms with Crippen LogP contribution in [0.5, 0.6) is 0 Å². The minimum atomic E-state index is -0.602. The molecule has 1 saturated heterocycles. The number of anilines is 1. The number of halogens is 1. The largest absolute Gasteiger partial charge is 0.341 e. The molecule has 3 aromatic heterocycles. The second kappa shape index (κ2) is 7.05. The fourth-order valence-corrected chi connectivity index (χ4v) is 3.66. The lowest BCUT2D eigenvalue weighted by Gasteiger charge is -2.33. The van der Waals surface area contributed by atoms with Crippen LogP contribution in [0.15, 0.2) is 34.2 Å². The van der Waals surface area contributed by atoms with Crippen LogP contribution in [0.1, 0.15) is 24.4 Å². The minimum absolute atomic E-state index is 0.160. The molecule has 3 aromatic rings. The number of pyridine rings is 1. The van der Waals surface area contributed by atoms with Gasteiger partial charge in [0.1, 0.15) is 6.07 Å². The maximum Gasteiger partial charge on any atom is 0.318 e. The van der Waals surface area contributed by atoms with Gasteiger partial charge in [-0.05, 0) is 18.9 Å². The van der Waals surface area contributed by atoms with Gasteiger partial charge in [0.05, 0.1) is 28.5 Å². The second-order valence-corrected chi connectivity index (χ2v) is 7.07. The Morgan fingerprint density at radius 2 is 1.79 bits per heavy atom. The summed E-state index contributed by atoms with van der Waals surface area (Å²) < 4.78 is 2.78. The first-order chi connectivity index (χ1) is 13.5. The van der Waals surface area contributed by atoms with E-state index in [1.807, 2.05) is 11.0 Å². The Bertz CT molecular complexity index is 1200. The maximum atomic E-state index is 12.7. The van der Waals surface area contributed by atoms with Crippen molar-refractivity contribution in [2.75, 3.05) is 18.0 Å². The number of hydrogen-bond acceptors (Lipinski definition) is 7. The van der Waals surface area contributed by atoms with Gasteiger partial charge in [0, 0.05) is 32.4 Å². The van der Waals surface area contributed by atoms with E-state index in [0.717, 1.165) is 0 Å². The van der Waals surface area contributed by atoms with E-state index in [-0.39, 0.29) is 6.04 Å². The fourth-order valence-electron chi connectivity index (χ4n) is 3.51. The highest BCUT2D eigenvalue weighted by Gasteiger charge is 2.26. The number of nitriles is 1. The van der Waals surface area contributed by atoms with E-state index in [1.165, 1.54) is 27.7 Å². The third-order valence-corrected chi connectivity index (χ3v) is 5.20. The van der Waals surface area contributed by atoms with Gasteiger partial charge in [-0.1, -0.05) is 11.6 Å². The monoisotopic (exact) mass is 397 g/mol. The Balaban J connectivity index is 1.66. The highest BCUT2D eigenvalue weighted by atomic mass is 35.5. The summed E-state index contributed by atoms with van der Waals surface area (Å²) in [5.74, 6) is 0.545. The van der Waals surface area contributed by atoms with Crippen LogP contribution in [-0.4, -0.2) is 37.2 Å². The van der Waals surface area contributed by atoms with E-state index in [9.17, 15) is 9.59 Å². The third-order valence-electron chi connectivity index (χ3n) is 4.99. The summed E-state index contributed by atoms with van der Waals surface area (Å²) in [6, 6.07) is 3.47. The van der Waals surface area contributed by atoms with E-state index < -0.39 is 11.1 Å². The summed E-state index contributed by atoms with van der Waals surface area (Å²) in [6.45, 7) is 1.24. The first kappa shape index (κ1) is 18.1. The molecule has 1 fully saturated rings. The minimum Gasteiger partial charge on any atom is -0.341 e. The molecular formula is C18H16ClN7O2. The number of fused-ring (bicyclic) bond motifs is 1. The lowest BCUT2D eigenvalue weighted by Crippen LogP contribution is -2.45. The highest BCUT2D eigenvalue weighted by molar-refractivity contribution is 6.31. The van der Waals surface area contributed by atoms with E-state index >= 15 is 0 Å². The molecule has 0 radical (unpaired) electrons. The Morgan fingerprint density at radius 1 is 1.11 bits per heavy atom. The Morgan fingerprint density at radius 3 is 2.43 bits per heavy atom. The molecular weight excluding hydrogens is 382 g/mol. The van der Waals surface area contributed by atoms with Crippen molar-refractivity contribution in [3.63, 3.8) is 0 Å². The maximum absolute atomic E-state index is 12.7. The zero-order valence-corrected chi connectivity index (χ0v) is 15.8. The van der Waals surface area contributed by atoms with Crippen molar-refractivity contribution in [2.24, 2.45) is 7.05 Å². The summed E-state index contributed by atoms with van der Waals surface area (Å²) in [5.41, 5.74) is 0.188. The normalized spacial score (nSPS) is 15.0. The number of aryl methyl sites for hydroxylation is 1. The van der Waals surface area contributed by atoms with Gasteiger partial charge >= 0.3 is 11.1 Å². The molecule has 0 amide bonds. The first-order valence-electron chi connectivity index (χ1n) is 8.73. The summed E-state index contributed by atoms with van der Waals surface area (Å²) in [6.07, 6.45) is 5.72. The second-order valence-electron chi connectivity index (χ2n) is 6.64. The smallest absolute Gasteiger partial charge is 0.318 e. The van der Waals surface area contributed by atoms with Gasteiger partial charge in [-0.2, -0.15) is 5.26 Å². The molecule has 1 aliphatic heterocycles. The predicted octanol–water partition coefficient (Wildman–Crippen LogP) is 1.25. The zero-order valence-electron chi connectivity index (χ0n) is 15.0. The van der Waals surface area contributed by atoms with Crippen molar-refractivity contribution in [3.05, 3.63) is 56.0 Å². The number of piperidine rings is 1. The summed E-state index contributed by atoms with van der Waals surface area (Å²) in [4.78, 5) is 39.9. The molecule has 0 aliphatic carbocycles. The quantitative estimate of drug-likeness (QED) is 0.598. The van der Waals surface area contributed by atoms with Crippen LogP contribution < -0.4 is 16.0 Å².